The van der Waals surface area contributed by atoms with Gasteiger partial charge in [0.15, 0.2) is 6.10 Å². The molecule has 0 saturated heterocycles. The summed E-state index contributed by atoms with van der Waals surface area (Å²) in [6, 6.07) is 0. The number of carbonyl (C=O) groups is 2. The Hall–Kier alpha value is -3.07. The number of phosphoric ester groups is 1. The second kappa shape index (κ2) is 60.2. The fourth-order valence-electron chi connectivity index (χ4n) is 8.48. The Bertz CT molecular complexity index is 1550. The van der Waals surface area contributed by atoms with E-state index in [9.17, 15) is 19.0 Å². The summed E-state index contributed by atoms with van der Waals surface area (Å²) >= 11 is 0. The first-order chi connectivity index (χ1) is 36.8. The Morgan fingerprint density at radius 3 is 1.09 bits per heavy atom. The van der Waals surface area contributed by atoms with Crippen molar-refractivity contribution < 1.29 is 37.6 Å². The lowest BCUT2D eigenvalue weighted by Crippen LogP contribution is -2.29. The smallest absolute Gasteiger partial charge is 0.462 e. The van der Waals surface area contributed by atoms with Gasteiger partial charge in [0, 0.05) is 19.4 Å². The fourth-order valence-corrected chi connectivity index (χ4v) is 9.24. The van der Waals surface area contributed by atoms with E-state index >= 15 is 0 Å². The van der Waals surface area contributed by atoms with Gasteiger partial charge in [-0.25, -0.2) is 4.57 Å². The Labute approximate surface area is 461 Å². The molecule has 2 unspecified atom stereocenters. The molecule has 0 aromatic carbocycles. The molecular formula is C65H114NO8P. The van der Waals surface area contributed by atoms with E-state index in [1.165, 1.54) is 141 Å². The molecule has 0 fully saturated rings. The first-order valence-electron chi connectivity index (χ1n) is 30.7. The number of nitrogens with two attached hydrogens (primary N) is 1. The van der Waals surface area contributed by atoms with E-state index in [2.05, 4.69) is 111 Å². The number of rotatable bonds is 57. The third-order valence-corrected chi connectivity index (χ3v) is 14.0. The Morgan fingerprint density at radius 2 is 0.733 bits per heavy atom. The van der Waals surface area contributed by atoms with Crippen molar-refractivity contribution in [1.29, 1.82) is 0 Å². The van der Waals surface area contributed by atoms with Gasteiger partial charge in [0.05, 0.1) is 13.2 Å². The van der Waals surface area contributed by atoms with E-state index < -0.39 is 26.5 Å². The van der Waals surface area contributed by atoms with Crippen LogP contribution < -0.4 is 5.73 Å². The highest BCUT2D eigenvalue weighted by Crippen LogP contribution is 2.43. The largest absolute Gasteiger partial charge is 0.472 e. The molecule has 0 radical (unpaired) electrons. The molecule has 0 spiro atoms. The molecule has 0 aromatic rings. The highest BCUT2D eigenvalue weighted by molar-refractivity contribution is 7.47. The van der Waals surface area contributed by atoms with Crippen LogP contribution in [-0.4, -0.2) is 49.3 Å². The van der Waals surface area contributed by atoms with Crippen LogP contribution in [0.2, 0.25) is 0 Å². The molecular weight excluding hydrogens is 954 g/mol. The minimum atomic E-state index is -4.39. The van der Waals surface area contributed by atoms with Crippen LogP contribution in [0, 0.1) is 0 Å². The predicted molar refractivity (Wildman–Crippen MR) is 321 cm³/mol. The topological polar surface area (TPSA) is 134 Å². The van der Waals surface area contributed by atoms with Gasteiger partial charge in [-0.3, -0.25) is 18.6 Å². The first kappa shape index (κ1) is 71.9. The zero-order chi connectivity index (χ0) is 54.5. The van der Waals surface area contributed by atoms with Gasteiger partial charge in [0.1, 0.15) is 6.61 Å². The average Bonchev–Trinajstić information content (AvgIpc) is 3.40. The van der Waals surface area contributed by atoms with Crippen molar-refractivity contribution in [3.63, 3.8) is 0 Å². The first-order valence-corrected chi connectivity index (χ1v) is 32.2. The fraction of sp³-hybridized carbons (Fsp3) is 0.723. The lowest BCUT2D eigenvalue weighted by molar-refractivity contribution is -0.161. The van der Waals surface area contributed by atoms with Crippen LogP contribution in [0.3, 0.4) is 0 Å². The number of ether oxygens (including phenoxy) is 2. The summed E-state index contributed by atoms with van der Waals surface area (Å²) in [5.74, 6) is -0.827. The molecule has 0 rings (SSSR count). The van der Waals surface area contributed by atoms with Crippen molar-refractivity contribution in [2.45, 2.75) is 277 Å². The molecule has 9 nitrogen and oxygen atoms in total. The molecule has 3 N–H and O–H groups in total. The average molecular weight is 1070 g/mol. The summed E-state index contributed by atoms with van der Waals surface area (Å²) < 4.78 is 33.1. The van der Waals surface area contributed by atoms with Crippen LogP contribution in [0.5, 0.6) is 0 Å². The van der Waals surface area contributed by atoms with Crippen LogP contribution in [0.15, 0.2) is 97.2 Å². The second-order valence-electron chi connectivity index (χ2n) is 20.2. The molecule has 75 heavy (non-hydrogen) atoms. The molecule has 0 aliphatic carbocycles. The summed E-state index contributed by atoms with van der Waals surface area (Å²) in [5.41, 5.74) is 5.39. The third-order valence-electron chi connectivity index (χ3n) is 13.0. The molecule has 0 bridgehead atoms. The van der Waals surface area contributed by atoms with Gasteiger partial charge in [-0.05, 0) is 77.0 Å². The van der Waals surface area contributed by atoms with Gasteiger partial charge >= 0.3 is 19.8 Å². The van der Waals surface area contributed by atoms with Crippen LogP contribution in [-0.2, 0) is 32.7 Å². The van der Waals surface area contributed by atoms with Crippen molar-refractivity contribution in [3.8, 4) is 0 Å². The van der Waals surface area contributed by atoms with E-state index in [1.54, 1.807) is 0 Å². The van der Waals surface area contributed by atoms with Gasteiger partial charge in [-0.1, -0.05) is 278 Å². The standard InChI is InChI=1S/C65H114NO8P/c1-3-5-7-9-11-13-15-17-19-21-23-24-25-26-27-28-29-30-31-32-33-34-35-36-37-38-40-42-44-46-48-50-52-54-56-58-65(68)74-63(62-73-75(69,70)72-60-59-66)61-71-64(67)57-55-53-51-49-47-45-43-41-39-22-20-18-16-14-12-10-8-6-4-2/h5,7,11,13,17,19,23-24,26-27,29-30,32-33,35-36,63H,3-4,6,8-10,12,14-16,18,20-22,25,28,31,34,37-62,66H2,1-2H3,(H,69,70)/b7-5-,13-11-,19-17-,24-23-,27-26-,30-29-,33-32-,36-35-. The molecule has 2 atom stereocenters. The van der Waals surface area contributed by atoms with Crippen molar-refractivity contribution in [3.05, 3.63) is 97.2 Å². The molecule has 10 heteroatoms. The minimum Gasteiger partial charge on any atom is -0.462 e. The highest BCUT2D eigenvalue weighted by atomic mass is 31.2. The number of hydrogen-bond acceptors (Lipinski definition) is 8. The van der Waals surface area contributed by atoms with Gasteiger partial charge in [0.2, 0.25) is 0 Å². The van der Waals surface area contributed by atoms with Crippen LogP contribution in [0.1, 0.15) is 271 Å². The molecule has 0 amide bonds. The normalized spacial score (nSPS) is 13.7. The number of esters is 2. The van der Waals surface area contributed by atoms with Gasteiger partial charge < -0.3 is 20.1 Å². The second-order valence-corrected chi connectivity index (χ2v) is 21.7. The molecule has 0 aromatic heterocycles. The van der Waals surface area contributed by atoms with E-state index in [-0.39, 0.29) is 38.6 Å². The number of carbonyl (C=O) groups excluding carboxylic acids is 2. The van der Waals surface area contributed by atoms with Crippen LogP contribution >= 0.6 is 7.82 Å². The van der Waals surface area contributed by atoms with E-state index in [4.69, 9.17) is 24.3 Å². The number of hydrogen-bond donors (Lipinski definition) is 2. The molecule has 0 saturated carbocycles. The maximum absolute atomic E-state index is 12.7. The third kappa shape index (κ3) is 60.0. The van der Waals surface area contributed by atoms with Gasteiger partial charge in [0.25, 0.3) is 0 Å². The van der Waals surface area contributed by atoms with Crippen molar-refractivity contribution in [1.82, 2.24) is 0 Å². The van der Waals surface area contributed by atoms with E-state index in [0.29, 0.717) is 6.42 Å². The SMILES string of the molecule is CC/C=C\C/C=C\C/C=C\C/C=C\C/C=C\C/C=C\C/C=C\C/C=C\CCCCCCCCCCCCC(=O)OC(COC(=O)CCCCCCCCCCCCCCCCCCCCC)COP(=O)(O)OCCN. The Balaban J connectivity index is 3.96. The summed E-state index contributed by atoms with van der Waals surface area (Å²) in [4.78, 5) is 35.2. The van der Waals surface area contributed by atoms with Crippen LogP contribution in [0.4, 0.5) is 0 Å². The van der Waals surface area contributed by atoms with Crippen LogP contribution in [0.25, 0.3) is 0 Å². The number of phosphoric acid groups is 1. The maximum atomic E-state index is 12.7. The van der Waals surface area contributed by atoms with E-state index in [0.717, 1.165) is 96.3 Å². The summed E-state index contributed by atoms with van der Waals surface area (Å²) in [6.07, 6.45) is 80.4. The number of allylic oxidation sites excluding steroid dienone is 16. The van der Waals surface area contributed by atoms with Crippen molar-refractivity contribution in [2.24, 2.45) is 5.73 Å². The molecule has 432 valence electrons. The predicted octanol–water partition coefficient (Wildman–Crippen LogP) is 19.6. The monoisotopic (exact) mass is 1070 g/mol. The summed E-state index contributed by atoms with van der Waals surface area (Å²) in [6.45, 7) is 3.65. The lowest BCUT2D eigenvalue weighted by atomic mass is 10.0. The Morgan fingerprint density at radius 1 is 0.413 bits per heavy atom. The highest BCUT2D eigenvalue weighted by Gasteiger charge is 2.26. The lowest BCUT2D eigenvalue weighted by Gasteiger charge is -2.19. The van der Waals surface area contributed by atoms with Crippen molar-refractivity contribution in [2.75, 3.05) is 26.4 Å². The molecule has 0 heterocycles. The summed E-state index contributed by atoms with van der Waals surface area (Å²) in [5, 5.41) is 0. The molecule has 0 aliphatic heterocycles. The summed E-state index contributed by atoms with van der Waals surface area (Å²) in [7, 11) is -4.39. The van der Waals surface area contributed by atoms with Gasteiger partial charge in [-0.2, -0.15) is 0 Å². The quantitative estimate of drug-likeness (QED) is 0.0264. The van der Waals surface area contributed by atoms with Crippen molar-refractivity contribution >= 4 is 19.8 Å². The number of unbranched alkanes of at least 4 members (excludes halogenated alkanes) is 28. The maximum Gasteiger partial charge on any atom is 0.472 e. The zero-order valence-corrected chi connectivity index (χ0v) is 49.2. The van der Waals surface area contributed by atoms with Gasteiger partial charge in [-0.15, -0.1) is 0 Å². The molecule has 0 aliphatic rings. The van der Waals surface area contributed by atoms with E-state index in [1.807, 2.05) is 0 Å². The minimum absolute atomic E-state index is 0.0503. The Kier molecular flexibility index (Phi) is 57.7. The zero-order valence-electron chi connectivity index (χ0n) is 48.3.